The van der Waals surface area contributed by atoms with Gasteiger partial charge in [-0.05, 0) is 13.0 Å². The van der Waals surface area contributed by atoms with Crippen LogP contribution in [0.15, 0.2) is 12.1 Å². The number of aromatic hydroxyl groups is 1. The molecule has 0 atom stereocenters. The normalized spacial score (nSPS) is 9.41. The van der Waals surface area contributed by atoms with E-state index in [2.05, 4.69) is 4.74 Å². The first-order valence-corrected chi connectivity index (χ1v) is 4.59. The molecule has 17 heavy (non-hydrogen) atoms. The van der Waals surface area contributed by atoms with Crippen LogP contribution in [-0.4, -0.2) is 22.6 Å². The third-order valence-corrected chi connectivity index (χ3v) is 1.90. The Morgan fingerprint density at radius 2 is 2.29 bits per heavy atom. The van der Waals surface area contributed by atoms with Crippen molar-refractivity contribution in [2.24, 2.45) is 0 Å². The highest BCUT2D eigenvalue weighted by Gasteiger charge is 2.26. The number of hydrogen-bond acceptors (Lipinski definition) is 6. The number of rotatable bonds is 3. The summed E-state index contributed by atoms with van der Waals surface area (Å²) in [5.41, 5.74) is -1.40. The Kier molecular flexibility index (Phi) is 3.62. The molecule has 0 aliphatic heterocycles. The van der Waals surface area contributed by atoms with Crippen molar-refractivity contribution in [2.45, 2.75) is 6.92 Å². The van der Waals surface area contributed by atoms with Gasteiger partial charge >= 0.3 is 5.97 Å². The van der Waals surface area contributed by atoms with Gasteiger partial charge in [0.25, 0.3) is 5.69 Å². The van der Waals surface area contributed by atoms with Gasteiger partial charge in [-0.15, -0.1) is 0 Å². The zero-order valence-electron chi connectivity index (χ0n) is 8.84. The zero-order valence-corrected chi connectivity index (χ0v) is 8.84. The van der Waals surface area contributed by atoms with Crippen molar-refractivity contribution in [3.63, 3.8) is 0 Å². The Morgan fingerprint density at radius 3 is 2.76 bits per heavy atom. The van der Waals surface area contributed by atoms with Crippen LogP contribution in [0.2, 0.25) is 0 Å². The number of hydrogen-bond donors (Lipinski definition) is 1. The molecule has 0 amide bonds. The third-order valence-electron chi connectivity index (χ3n) is 1.90. The van der Waals surface area contributed by atoms with Gasteiger partial charge in [0.15, 0.2) is 5.56 Å². The topological polar surface area (TPSA) is 113 Å². The largest absolute Gasteiger partial charge is 0.508 e. The SMILES string of the molecule is CCOC(=O)c1c(C#N)cc(O)cc1[N+](=O)[O-]. The summed E-state index contributed by atoms with van der Waals surface area (Å²) >= 11 is 0. The summed E-state index contributed by atoms with van der Waals surface area (Å²) in [4.78, 5) is 21.4. The third kappa shape index (κ3) is 2.49. The number of nitriles is 1. The molecule has 7 nitrogen and oxygen atoms in total. The first-order chi connectivity index (χ1) is 8.01. The van der Waals surface area contributed by atoms with Crippen LogP contribution in [0.4, 0.5) is 5.69 Å². The molecule has 0 aromatic heterocycles. The van der Waals surface area contributed by atoms with Gasteiger partial charge in [0.1, 0.15) is 11.8 Å². The van der Waals surface area contributed by atoms with E-state index in [4.69, 9.17) is 5.26 Å². The number of esters is 1. The van der Waals surface area contributed by atoms with Crippen LogP contribution in [0.25, 0.3) is 0 Å². The lowest BCUT2D eigenvalue weighted by Crippen LogP contribution is -2.10. The number of phenolic OH excluding ortho intramolecular Hbond substituents is 1. The summed E-state index contributed by atoms with van der Waals surface area (Å²) < 4.78 is 4.62. The predicted octanol–water partition coefficient (Wildman–Crippen LogP) is 1.35. The van der Waals surface area contributed by atoms with Gasteiger partial charge in [0, 0.05) is 0 Å². The van der Waals surface area contributed by atoms with E-state index in [1.807, 2.05) is 0 Å². The number of nitrogens with zero attached hydrogens (tertiary/aromatic N) is 2. The van der Waals surface area contributed by atoms with Gasteiger partial charge in [-0.2, -0.15) is 5.26 Å². The van der Waals surface area contributed by atoms with Crippen LogP contribution < -0.4 is 0 Å². The number of carbonyl (C=O) groups is 1. The van der Waals surface area contributed by atoms with Crippen LogP contribution in [0, 0.1) is 21.4 Å². The van der Waals surface area contributed by atoms with Crippen molar-refractivity contribution in [1.82, 2.24) is 0 Å². The van der Waals surface area contributed by atoms with Gasteiger partial charge < -0.3 is 9.84 Å². The van der Waals surface area contributed by atoms with Crippen molar-refractivity contribution in [2.75, 3.05) is 6.61 Å². The second-order valence-electron chi connectivity index (χ2n) is 2.98. The Morgan fingerprint density at radius 1 is 1.65 bits per heavy atom. The average molecular weight is 236 g/mol. The number of ether oxygens (including phenoxy) is 1. The van der Waals surface area contributed by atoms with Crippen molar-refractivity contribution in [1.29, 1.82) is 5.26 Å². The highest BCUT2D eigenvalue weighted by Crippen LogP contribution is 2.28. The Bertz CT molecular complexity index is 518. The molecule has 88 valence electrons. The van der Waals surface area contributed by atoms with Crippen LogP contribution in [0.5, 0.6) is 5.75 Å². The van der Waals surface area contributed by atoms with Crippen molar-refractivity contribution in [3.05, 3.63) is 33.4 Å². The molecule has 0 heterocycles. The maximum absolute atomic E-state index is 11.5. The molecule has 1 aromatic rings. The number of nitro benzene ring substituents is 1. The van der Waals surface area contributed by atoms with E-state index in [0.717, 1.165) is 12.1 Å². The number of carbonyl (C=O) groups excluding carboxylic acids is 1. The quantitative estimate of drug-likeness (QED) is 0.481. The summed E-state index contributed by atoms with van der Waals surface area (Å²) in [6, 6.07) is 3.38. The average Bonchev–Trinajstić information content (AvgIpc) is 2.27. The Hall–Kier alpha value is -2.62. The van der Waals surface area contributed by atoms with Crippen LogP contribution in [-0.2, 0) is 4.74 Å². The molecule has 1 aromatic carbocycles. The molecular weight excluding hydrogens is 228 g/mol. The summed E-state index contributed by atoms with van der Waals surface area (Å²) in [6.07, 6.45) is 0. The van der Waals surface area contributed by atoms with E-state index in [9.17, 15) is 20.0 Å². The lowest BCUT2D eigenvalue weighted by molar-refractivity contribution is -0.385. The molecule has 0 saturated heterocycles. The minimum Gasteiger partial charge on any atom is -0.508 e. The number of benzene rings is 1. The van der Waals surface area contributed by atoms with E-state index in [1.54, 1.807) is 6.07 Å². The summed E-state index contributed by atoms with van der Waals surface area (Å²) in [5.74, 6) is -1.42. The monoisotopic (exact) mass is 236 g/mol. The molecule has 1 rings (SSSR count). The maximum atomic E-state index is 11.5. The highest BCUT2D eigenvalue weighted by atomic mass is 16.6. The zero-order chi connectivity index (χ0) is 13.0. The minimum atomic E-state index is -0.962. The second kappa shape index (κ2) is 4.94. The van der Waals surface area contributed by atoms with Crippen molar-refractivity contribution in [3.8, 4) is 11.8 Å². The first kappa shape index (κ1) is 12.4. The van der Waals surface area contributed by atoms with Crippen LogP contribution >= 0.6 is 0 Å². The molecule has 0 unspecified atom stereocenters. The smallest absolute Gasteiger partial charge is 0.346 e. The highest BCUT2D eigenvalue weighted by molar-refractivity contribution is 5.97. The summed E-state index contributed by atoms with van der Waals surface area (Å²) in [6.45, 7) is 1.57. The fraction of sp³-hybridized carbons (Fsp3) is 0.200. The van der Waals surface area contributed by atoms with Crippen LogP contribution in [0.1, 0.15) is 22.8 Å². The van der Waals surface area contributed by atoms with Crippen molar-refractivity contribution >= 4 is 11.7 Å². The molecule has 0 radical (unpaired) electrons. The van der Waals surface area contributed by atoms with E-state index in [0.29, 0.717) is 0 Å². The van der Waals surface area contributed by atoms with E-state index >= 15 is 0 Å². The van der Waals surface area contributed by atoms with E-state index < -0.39 is 27.9 Å². The fourth-order valence-electron chi connectivity index (χ4n) is 1.26. The first-order valence-electron chi connectivity index (χ1n) is 4.59. The molecule has 0 aliphatic rings. The summed E-state index contributed by atoms with van der Waals surface area (Å²) in [7, 11) is 0. The van der Waals surface area contributed by atoms with Gasteiger partial charge in [-0.3, -0.25) is 10.1 Å². The van der Waals surface area contributed by atoms with Gasteiger partial charge in [-0.25, -0.2) is 4.79 Å². The Labute approximate surface area is 96.0 Å². The molecule has 0 saturated carbocycles. The minimum absolute atomic E-state index is 0.0295. The molecule has 1 N–H and O–H groups in total. The van der Waals surface area contributed by atoms with Gasteiger partial charge in [0.2, 0.25) is 0 Å². The fourth-order valence-corrected chi connectivity index (χ4v) is 1.26. The molecular formula is C10H8N2O5. The lowest BCUT2D eigenvalue weighted by atomic mass is 10.1. The molecule has 7 heteroatoms. The summed E-state index contributed by atoms with van der Waals surface area (Å²) in [5, 5.41) is 28.7. The molecule has 0 aliphatic carbocycles. The number of phenols is 1. The lowest BCUT2D eigenvalue weighted by Gasteiger charge is -2.05. The van der Waals surface area contributed by atoms with E-state index in [1.165, 1.54) is 6.92 Å². The second-order valence-corrected chi connectivity index (χ2v) is 2.98. The molecule has 0 fully saturated rings. The van der Waals surface area contributed by atoms with Gasteiger partial charge in [0.05, 0.1) is 23.2 Å². The van der Waals surface area contributed by atoms with Gasteiger partial charge in [-0.1, -0.05) is 0 Å². The standard InChI is InChI=1S/C10H8N2O5/c1-2-17-10(14)9-6(5-11)3-7(13)4-8(9)12(15)16/h3-4,13H,2H2,1H3. The maximum Gasteiger partial charge on any atom is 0.346 e. The molecule has 0 spiro atoms. The van der Waals surface area contributed by atoms with Crippen molar-refractivity contribution < 1.29 is 19.6 Å². The number of nitro groups is 1. The predicted molar refractivity (Wildman–Crippen MR) is 55.4 cm³/mol. The Balaban J connectivity index is 3.48. The van der Waals surface area contributed by atoms with E-state index in [-0.39, 0.29) is 12.2 Å². The molecule has 0 bridgehead atoms. The van der Waals surface area contributed by atoms with Crippen LogP contribution in [0.3, 0.4) is 0 Å².